The zero-order valence-electron chi connectivity index (χ0n) is 14.5. The number of pyridine rings is 2. The van der Waals surface area contributed by atoms with Crippen LogP contribution in [-0.4, -0.2) is 37.3 Å². The van der Waals surface area contributed by atoms with Gasteiger partial charge >= 0.3 is 0 Å². The monoisotopic (exact) mass is 368 g/mol. The number of nitrogens with one attached hydrogen (secondary N) is 1. The van der Waals surface area contributed by atoms with Crippen LogP contribution in [0, 0.1) is 5.82 Å². The molecule has 3 aromatic heterocycles. The maximum atomic E-state index is 13.0. The van der Waals surface area contributed by atoms with Crippen LogP contribution in [0.4, 0.5) is 21.8 Å². The number of hydrogen-bond donors (Lipinski definition) is 2. The molecule has 0 bridgehead atoms. The van der Waals surface area contributed by atoms with E-state index in [1.165, 1.54) is 16.8 Å². The van der Waals surface area contributed by atoms with E-state index in [1.54, 1.807) is 23.2 Å². The number of hydrogen-bond acceptors (Lipinski definition) is 6. The van der Waals surface area contributed by atoms with Crippen molar-refractivity contribution in [3.63, 3.8) is 0 Å². The molecular formula is C18H17FN6O2. The van der Waals surface area contributed by atoms with Crippen molar-refractivity contribution in [2.75, 3.05) is 16.8 Å². The molecule has 4 heterocycles. The first-order valence-electron chi connectivity index (χ1n) is 8.47. The SMILES string of the molecule is CCc1cc2n(n1)C(O)c1cccnc1N2CC(=O)Nc1ccc(F)cn1. The molecule has 0 fully saturated rings. The highest BCUT2D eigenvalue weighted by atomic mass is 19.1. The van der Waals surface area contributed by atoms with Crippen LogP contribution in [0.3, 0.4) is 0 Å². The van der Waals surface area contributed by atoms with Crippen LogP contribution in [0.2, 0.25) is 0 Å². The van der Waals surface area contributed by atoms with E-state index >= 15 is 0 Å². The van der Waals surface area contributed by atoms with Crippen LogP contribution in [0.5, 0.6) is 0 Å². The molecule has 0 aromatic carbocycles. The van der Waals surface area contributed by atoms with Crippen molar-refractivity contribution >= 4 is 23.4 Å². The molecule has 138 valence electrons. The summed E-state index contributed by atoms with van der Waals surface area (Å²) in [6, 6.07) is 7.90. The fourth-order valence-corrected chi connectivity index (χ4v) is 3.00. The van der Waals surface area contributed by atoms with Crippen molar-refractivity contribution in [3.05, 3.63) is 59.8 Å². The first kappa shape index (κ1) is 17.1. The van der Waals surface area contributed by atoms with Gasteiger partial charge in [0.2, 0.25) is 5.91 Å². The van der Waals surface area contributed by atoms with E-state index in [1.807, 2.05) is 13.0 Å². The third kappa shape index (κ3) is 3.13. The van der Waals surface area contributed by atoms with Crippen molar-refractivity contribution in [2.24, 2.45) is 0 Å². The Bertz CT molecular complexity index is 988. The number of carbonyl (C=O) groups is 1. The van der Waals surface area contributed by atoms with Gasteiger partial charge in [-0.2, -0.15) is 5.10 Å². The standard InChI is InChI=1S/C18H17FN6O2/c1-2-12-8-16-24(10-15(26)22-14-6-5-11(19)9-21-14)17-13(4-3-7-20-17)18(27)25(16)23-12/h3-9,18,27H,2,10H2,1H3,(H,21,22,26). The van der Waals surface area contributed by atoms with Crippen LogP contribution < -0.4 is 10.2 Å². The second-order valence-corrected chi connectivity index (χ2v) is 6.08. The molecule has 0 aliphatic carbocycles. The number of nitrogens with zero attached hydrogens (tertiary/aromatic N) is 5. The Balaban J connectivity index is 1.65. The molecule has 9 heteroatoms. The highest BCUT2D eigenvalue weighted by Gasteiger charge is 2.32. The lowest BCUT2D eigenvalue weighted by Crippen LogP contribution is -2.36. The molecule has 1 amide bonds. The van der Waals surface area contributed by atoms with Gasteiger partial charge in [0.1, 0.15) is 29.8 Å². The van der Waals surface area contributed by atoms with Crippen LogP contribution in [-0.2, 0) is 11.2 Å². The number of aryl methyl sites for hydroxylation is 1. The summed E-state index contributed by atoms with van der Waals surface area (Å²) in [5.74, 6) is 0.484. The Labute approximate surface area is 154 Å². The predicted molar refractivity (Wildman–Crippen MR) is 96.0 cm³/mol. The average Bonchev–Trinajstić information content (AvgIpc) is 3.12. The van der Waals surface area contributed by atoms with Crippen molar-refractivity contribution in [1.29, 1.82) is 0 Å². The third-order valence-electron chi connectivity index (χ3n) is 4.28. The van der Waals surface area contributed by atoms with Crippen LogP contribution in [0.1, 0.15) is 24.4 Å². The molecule has 0 spiro atoms. The minimum Gasteiger partial charge on any atom is -0.368 e. The fourth-order valence-electron chi connectivity index (χ4n) is 3.00. The highest BCUT2D eigenvalue weighted by Crippen LogP contribution is 2.38. The van der Waals surface area contributed by atoms with Gasteiger partial charge in [0.15, 0.2) is 6.23 Å². The zero-order valence-corrected chi connectivity index (χ0v) is 14.5. The smallest absolute Gasteiger partial charge is 0.245 e. The van der Waals surface area contributed by atoms with Gasteiger partial charge in [-0.1, -0.05) is 6.92 Å². The number of rotatable bonds is 4. The van der Waals surface area contributed by atoms with Crippen molar-refractivity contribution in [1.82, 2.24) is 19.7 Å². The van der Waals surface area contributed by atoms with E-state index in [2.05, 4.69) is 20.4 Å². The topological polar surface area (TPSA) is 96.2 Å². The molecule has 1 atom stereocenters. The van der Waals surface area contributed by atoms with E-state index in [4.69, 9.17) is 0 Å². The molecule has 2 N–H and O–H groups in total. The summed E-state index contributed by atoms with van der Waals surface area (Å²) in [5.41, 5.74) is 1.35. The molecular weight excluding hydrogens is 351 g/mol. The first-order chi connectivity index (χ1) is 13.1. The van der Waals surface area contributed by atoms with Gasteiger partial charge in [-0.25, -0.2) is 19.0 Å². The fraction of sp³-hybridized carbons (Fsp3) is 0.222. The summed E-state index contributed by atoms with van der Waals surface area (Å²) < 4.78 is 14.5. The second-order valence-electron chi connectivity index (χ2n) is 6.08. The number of amides is 1. The van der Waals surface area contributed by atoms with Gasteiger partial charge in [-0.3, -0.25) is 4.79 Å². The van der Waals surface area contributed by atoms with E-state index in [-0.39, 0.29) is 18.3 Å². The van der Waals surface area contributed by atoms with E-state index in [0.29, 0.717) is 23.6 Å². The van der Waals surface area contributed by atoms with Gasteiger partial charge < -0.3 is 15.3 Å². The van der Waals surface area contributed by atoms with Crippen molar-refractivity contribution < 1.29 is 14.3 Å². The average molecular weight is 368 g/mol. The Hall–Kier alpha value is -3.33. The summed E-state index contributed by atoms with van der Waals surface area (Å²) >= 11 is 0. The molecule has 0 saturated heterocycles. The van der Waals surface area contributed by atoms with Gasteiger partial charge in [-0.05, 0) is 30.7 Å². The Morgan fingerprint density at radius 1 is 1.33 bits per heavy atom. The van der Waals surface area contributed by atoms with Gasteiger partial charge in [-0.15, -0.1) is 0 Å². The molecule has 1 unspecified atom stereocenters. The Morgan fingerprint density at radius 2 is 2.19 bits per heavy atom. The number of anilines is 3. The van der Waals surface area contributed by atoms with Crippen LogP contribution in [0.25, 0.3) is 0 Å². The zero-order chi connectivity index (χ0) is 19.0. The Kier molecular flexibility index (Phi) is 4.28. The highest BCUT2D eigenvalue weighted by molar-refractivity contribution is 5.94. The van der Waals surface area contributed by atoms with Crippen LogP contribution in [0.15, 0.2) is 42.7 Å². The molecule has 3 aromatic rings. The van der Waals surface area contributed by atoms with Crippen LogP contribution >= 0.6 is 0 Å². The summed E-state index contributed by atoms with van der Waals surface area (Å²) in [6.45, 7) is 1.90. The normalized spacial score (nSPS) is 15.2. The number of halogens is 1. The van der Waals surface area contributed by atoms with E-state index in [9.17, 15) is 14.3 Å². The number of aliphatic hydroxyl groups excluding tert-OH is 1. The molecule has 8 nitrogen and oxygen atoms in total. The minimum absolute atomic E-state index is 0.0648. The summed E-state index contributed by atoms with van der Waals surface area (Å²) in [6.07, 6.45) is 2.36. The summed E-state index contributed by atoms with van der Waals surface area (Å²) in [7, 11) is 0. The number of aliphatic hydroxyl groups is 1. The second kappa shape index (κ2) is 6.76. The molecule has 1 aliphatic rings. The first-order valence-corrected chi connectivity index (χ1v) is 8.47. The predicted octanol–water partition coefficient (Wildman–Crippen LogP) is 2.00. The lowest BCUT2D eigenvalue weighted by molar-refractivity contribution is -0.114. The van der Waals surface area contributed by atoms with Crippen molar-refractivity contribution in [3.8, 4) is 0 Å². The maximum absolute atomic E-state index is 13.0. The number of carbonyl (C=O) groups excluding carboxylic acids is 1. The van der Waals surface area contributed by atoms with Gasteiger partial charge in [0.25, 0.3) is 0 Å². The van der Waals surface area contributed by atoms with E-state index in [0.717, 1.165) is 11.9 Å². The molecule has 1 aliphatic heterocycles. The molecule has 4 rings (SSSR count). The largest absolute Gasteiger partial charge is 0.368 e. The van der Waals surface area contributed by atoms with Gasteiger partial charge in [0.05, 0.1) is 11.9 Å². The Morgan fingerprint density at radius 3 is 2.93 bits per heavy atom. The van der Waals surface area contributed by atoms with Gasteiger partial charge in [0, 0.05) is 17.8 Å². The van der Waals surface area contributed by atoms with E-state index < -0.39 is 12.0 Å². The number of fused-ring (bicyclic) bond motifs is 2. The quantitative estimate of drug-likeness (QED) is 0.731. The molecule has 27 heavy (non-hydrogen) atoms. The minimum atomic E-state index is -0.970. The molecule has 0 radical (unpaired) electrons. The lowest BCUT2D eigenvalue weighted by atomic mass is 10.1. The third-order valence-corrected chi connectivity index (χ3v) is 4.28. The summed E-state index contributed by atoms with van der Waals surface area (Å²) in [4.78, 5) is 22.4. The summed E-state index contributed by atoms with van der Waals surface area (Å²) in [5, 5.41) is 17.7. The number of aromatic nitrogens is 4. The molecule has 0 saturated carbocycles. The maximum Gasteiger partial charge on any atom is 0.245 e. The van der Waals surface area contributed by atoms with Crippen molar-refractivity contribution in [2.45, 2.75) is 19.6 Å². The lowest BCUT2D eigenvalue weighted by Gasteiger charge is -2.32.